The van der Waals surface area contributed by atoms with Gasteiger partial charge < -0.3 is 4.74 Å². The van der Waals surface area contributed by atoms with E-state index in [2.05, 4.69) is 11.1 Å². The molecule has 0 radical (unpaired) electrons. The van der Waals surface area contributed by atoms with Crippen molar-refractivity contribution >= 4 is 16.4 Å². The van der Waals surface area contributed by atoms with Gasteiger partial charge in [0.2, 0.25) is 0 Å². The summed E-state index contributed by atoms with van der Waals surface area (Å²) >= 11 is 0. The van der Waals surface area contributed by atoms with Crippen molar-refractivity contribution in [1.29, 1.82) is 0 Å². The summed E-state index contributed by atoms with van der Waals surface area (Å²) in [5, 5.41) is 0. The normalized spacial score (nSPS) is 12.7. The van der Waals surface area contributed by atoms with Crippen molar-refractivity contribution in [1.82, 2.24) is 0 Å². The summed E-state index contributed by atoms with van der Waals surface area (Å²) in [5.74, 6) is -0.470. The molecule has 0 fully saturated rings. The highest BCUT2D eigenvalue weighted by atomic mass is 32.3. The zero-order chi connectivity index (χ0) is 20.8. The number of hydrogen-bond acceptors (Lipinski definition) is 5. The van der Waals surface area contributed by atoms with Gasteiger partial charge in [-0.2, -0.15) is 8.42 Å². The number of hydrogen-bond donors (Lipinski definition) is 1. The number of ether oxygens (including phenoxy) is 1. The highest BCUT2D eigenvalue weighted by Crippen LogP contribution is 2.22. The van der Waals surface area contributed by atoms with Gasteiger partial charge in [0.05, 0.1) is 0 Å². The number of benzene rings is 1. The van der Waals surface area contributed by atoms with E-state index in [0.717, 1.165) is 24.8 Å². The third kappa shape index (κ3) is 11.4. The van der Waals surface area contributed by atoms with Crippen molar-refractivity contribution in [2.75, 3.05) is 0 Å². The molecule has 0 saturated carbocycles. The fraction of sp³-hybridized carbons (Fsp3) is 0.667. The van der Waals surface area contributed by atoms with Crippen molar-refractivity contribution < 1.29 is 26.7 Å². The third-order valence-corrected chi connectivity index (χ3v) is 5.11. The summed E-state index contributed by atoms with van der Waals surface area (Å²) in [5.41, 5.74) is 0.898. The molecule has 7 heteroatoms. The number of carbonyl (C=O) groups excluding carboxylic acids is 1. The minimum Gasteiger partial charge on any atom is -0.424 e. The van der Waals surface area contributed by atoms with Gasteiger partial charge >= 0.3 is 16.4 Å². The lowest BCUT2D eigenvalue weighted by molar-refractivity contribution is -0.141. The first-order valence-corrected chi connectivity index (χ1v) is 11.6. The van der Waals surface area contributed by atoms with Crippen LogP contribution in [0.2, 0.25) is 0 Å². The maximum atomic E-state index is 12.0. The van der Waals surface area contributed by atoms with Crippen LogP contribution >= 0.6 is 0 Å². The van der Waals surface area contributed by atoms with E-state index in [4.69, 9.17) is 9.29 Å². The quantitative estimate of drug-likeness (QED) is 0.182. The highest BCUT2D eigenvalue weighted by molar-refractivity contribution is 7.80. The van der Waals surface area contributed by atoms with E-state index in [-0.39, 0.29) is 0 Å². The molecule has 28 heavy (non-hydrogen) atoms. The Hall–Kier alpha value is -1.44. The largest absolute Gasteiger partial charge is 0.424 e. The molecule has 0 aliphatic heterocycles. The molecule has 0 aliphatic carbocycles. The third-order valence-electron chi connectivity index (χ3n) is 4.58. The van der Waals surface area contributed by atoms with Crippen LogP contribution < -0.4 is 4.74 Å². The number of esters is 1. The van der Waals surface area contributed by atoms with Crippen LogP contribution in [0, 0.1) is 0 Å². The van der Waals surface area contributed by atoms with Gasteiger partial charge in [-0.05, 0) is 31.4 Å². The standard InChI is InChI=1S/C21H34O6S/c1-3-4-5-6-7-8-9-10-11-12-15-19-16-13-14-17-20(19)26-21(22)18(2)27-28(23,24)25/h13-14,16-18H,3-12,15H2,1-2H3,(H,23,24,25). The Kier molecular flexibility index (Phi) is 12.0. The molecule has 0 heterocycles. The number of rotatable bonds is 15. The molecule has 1 unspecified atom stereocenters. The summed E-state index contributed by atoms with van der Waals surface area (Å²) in [6.07, 6.45) is 11.9. The van der Waals surface area contributed by atoms with Gasteiger partial charge in [-0.1, -0.05) is 82.9 Å². The lowest BCUT2D eigenvalue weighted by Crippen LogP contribution is -2.28. The molecule has 0 aromatic heterocycles. The minimum absolute atomic E-state index is 0.397. The van der Waals surface area contributed by atoms with Crippen LogP contribution in [-0.4, -0.2) is 25.0 Å². The molecular formula is C21H34O6S. The summed E-state index contributed by atoms with van der Waals surface area (Å²) < 4.78 is 39.6. The maximum Gasteiger partial charge on any atom is 0.398 e. The molecule has 0 saturated heterocycles. The maximum absolute atomic E-state index is 12.0. The molecule has 1 aromatic carbocycles. The van der Waals surface area contributed by atoms with Gasteiger partial charge in [0, 0.05) is 0 Å². The van der Waals surface area contributed by atoms with E-state index in [0.29, 0.717) is 5.75 Å². The predicted molar refractivity (Wildman–Crippen MR) is 110 cm³/mol. The molecule has 1 N–H and O–H groups in total. The second-order valence-corrected chi connectivity index (χ2v) is 8.17. The highest BCUT2D eigenvalue weighted by Gasteiger charge is 2.22. The first-order valence-electron chi connectivity index (χ1n) is 10.3. The summed E-state index contributed by atoms with van der Waals surface area (Å²) in [4.78, 5) is 12.0. The van der Waals surface area contributed by atoms with Crippen molar-refractivity contribution in [2.45, 2.75) is 90.6 Å². The van der Waals surface area contributed by atoms with Gasteiger partial charge in [-0.15, -0.1) is 0 Å². The van der Waals surface area contributed by atoms with Crippen molar-refractivity contribution in [2.24, 2.45) is 0 Å². The van der Waals surface area contributed by atoms with Crippen molar-refractivity contribution in [3.8, 4) is 5.75 Å². The van der Waals surface area contributed by atoms with Gasteiger partial charge in [0.1, 0.15) is 5.75 Å². The number of aryl methyl sites for hydroxylation is 1. The summed E-state index contributed by atoms with van der Waals surface area (Å²) in [7, 11) is -4.70. The molecular weight excluding hydrogens is 380 g/mol. The number of para-hydroxylation sites is 1. The van der Waals surface area contributed by atoms with E-state index in [1.165, 1.54) is 58.3 Å². The smallest absolute Gasteiger partial charge is 0.398 e. The van der Waals surface area contributed by atoms with Crippen LogP contribution in [0.15, 0.2) is 24.3 Å². The van der Waals surface area contributed by atoms with Crippen LogP contribution in [0.5, 0.6) is 5.75 Å². The molecule has 1 aromatic rings. The molecule has 1 rings (SSSR count). The topological polar surface area (TPSA) is 89.9 Å². The predicted octanol–water partition coefficient (Wildman–Crippen LogP) is 5.26. The summed E-state index contributed by atoms with van der Waals surface area (Å²) in [6, 6.07) is 7.19. The van der Waals surface area contributed by atoms with Gasteiger partial charge in [-0.25, -0.2) is 8.98 Å². The van der Waals surface area contributed by atoms with E-state index < -0.39 is 22.5 Å². The van der Waals surface area contributed by atoms with Crippen LogP contribution in [-0.2, 0) is 25.8 Å². The fourth-order valence-corrected chi connectivity index (χ4v) is 3.47. The minimum atomic E-state index is -4.70. The second-order valence-electron chi connectivity index (χ2n) is 7.13. The number of unbranched alkanes of at least 4 members (excludes halogenated alkanes) is 9. The zero-order valence-corrected chi connectivity index (χ0v) is 17.9. The van der Waals surface area contributed by atoms with E-state index in [1.54, 1.807) is 12.1 Å². The van der Waals surface area contributed by atoms with Crippen LogP contribution in [0.3, 0.4) is 0 Å². The van der Waals surface area contributed by atoms with Crippen LogP contribution in [0.4, 0.5) is 0 Å². The molecule has 6 nitrogen and oxygen atoms in total. The van der Waals surface area contributed by atoms with Gasteiger partial charge in [0.25, 0.3) is 0 Å². The Morgan fingerprint density at radius 2 is 1.50 bits per heavy atom. The number of carbonyl (C=O) groups is 1. The Balaban J connectivity index is 2.33. The van der Waals surface area contributed by atoms with E-state index in [9.17, 15) is 13.2 Å². The van der Waals surface area contributed by atoms with Crippen LogP contribution in [0.25, 0.3) is 0 Å². The molecule has 0 amide bonds. The first-order chi connectivity index (χ1) is 13.3. The molecule has 160 valence electrons. The van der Waals surface area contributed by atoms with Gasteiger partial charge in [-0.3, -0.25) is 4.55 Å². The Morgan fingerprint density at radius 3 is 2.07 bits per heavy atom. The van der Waals surface area contributed by atoms with E-state index in [1.807, 2.05) is 12.1 Å². The average molecular weight is 415 g/mol. The SMILES string of the molecule is CCCCCCCCCCCCc1ccccc1OC(=O)C(C)OS(=O)(=O)O. The van der Waals surface area contributed by atoms with Crippen molar-refractivity contribution in [3.63, 3.8) is 0 Å². The van der Waals surface area contributed by atoms with Crippen LogP contribution in [0.1, 0.15) is 83.6 Å². The Morgan fingerprint density at radius 1 is 0.964 bits per heavy atom. The zero-order valence-electron chi connectivity index (χ0n) is 17.1. The monoisotopic (exact) mass is 414 g/mol. The molecule has 0 spiro atoms. The fourth-order valence-electron chi connectivity index (χ4n) is 3.03. The van der Waals surface area contributed by atoms with Crippen molar-refractivity contribution in [3.05, 3.63) is 29.8 Å². The summed E-state index contributed by atoms with van der Waals surface area (Å²) in [6.45, 7) is 3.44. The lowest BCUT2D eigenvalue weighted by atomic mass is 10.0. The lowest BCUT2D eigenvalue weighted by Gasteiger charge is -2.13. The molecule has 0 aliphatic rings. The Bertz CT molecular complexity index is 671. The Labute approximate surface area is 169 Å². The van der Waals surface area contributed by atoms with Gasteiger partial charge in [0.15, 0.2) is 6.10 Å². The molecule has 1 atom stereocenters. The van der Waals surface area contributed by atoms with E-state index >= 15 is 0 Å². The second kappa shape index (κ2) is 13.7. The average Bonchev–Trinajstić information content (AvgIpc) is 2.63. The molecule has 0 bridgehead atoms. The first kappa shape index (κ1) is 24.6.